The van der Waals surface area contributed by atoms with Gasteiger partial charge in [0.25, 0.3) is 0 Å². The molecule has 5 nitrogen and oxygen atoms in total. The van der Waals surface area contributed by atoms with Crippen molar-refractivity contribution in [3.05, 3.63) is 23.3 Å². The summed E-state index contributed by atoms with van der Waals surface area (Å²) in [6, 6.07) is 3.60. The number of hydrogen-bond donors (Lipinski definition) is 2. The van der Waals surface area contributed by atoms with Crippen LogP contribution in [0, 0.1) is 6.92 Å². The zero-order valence-corrected chi connectivity index (χ0v) is 13.3. The van der Waals surface area contributed by atoms with Gasteiger partial charge in [0, 0.05) is 18.8 Å². The van der Waals surface area contributed by atoms with Gasteiger partial charge in [-0.2, -0.15) is 0 Å². The fourth-order valence-corrected chi connectivity index (χ4v) is 4.79. The van der Waals surface area contributed by atoms with Crippen molar-refractivity contribution < 1.29 is 13.2 Å². The van der Waals surface area contributed by atoms with Crippen LogP contribution in [-0.2, 0) is 21.2 Å². The first kappa shape index (κ1) is 14.8. The average Bonchev–Trinajstić information content (AvgIpc) is 2.84. The highest BCUT2D eigenvalue weighted by Crippen LogP contribution is 2.32. The van der Waals surface area contributed by atoms with E-state index in [0.717, 1.165) is 36.2 Å². The first-order chi connectivity index (χ1) is 9.91. The van der Waals surface area contributed by atoms with E-state index < -0.39 is 15.6 Å². The molecule has 116 valence electrons. The number of sulfonamides is 1. The van der Waals surface area contributed by atoms with Crippen LogP contribution in [0.3, 0.4) is 0 Å². The summed E-state index contributed by atoms with van der Waals surface area (Å²) in [5.74, 6) is 0. The van der Waals surface area contributed by atoms with E-state index >= 15 is 0 Å². The Hall–Kier alpha value is -1.11. The van der Waals surface area contributed by atoms with Gasteiger partial charge in [0.15, 0.2) is 0 Å². The summed E-state index contributed by atoms with van der Waals surface area (Å²) < 4.78 is 33.7. The van der Waals surface area contributed by atoms with E-state index in [9.17, 15) is 8.42 Å². The van der Waals surface area contributed by atoms with Gasteiger partial charge in [-0.3, -0.25) is 0 Å². The van der Waals surface area contributed by atoms with Gasteiger partial charge >= 0.3 is 0 Å². The summed E-state index contributed by atoms with van der Waals surface area (Å²) in [7, 11) is -3.53. The first-order valence-corrected chi connectivity index (χ1v) is 8.88. The number of benzene rings is 1. The molecule has 0 aromatic heterocycles. The monoisotopic (exact) mass is 310 g/mol. The van der Waals surface area contributed by atoms with Crippen LogP contribution in [0.4, 0.5) is 5.69 Å². The third kappa shape index (κ3) is 2.80. The Kier molecular flexibility index (Phi) is 3.71. The molecule has 2 heterocycles. The fraction of sp³-hybridized carbons (Fsp3) is 0.600. The molecular weight excluding hydrogens is 288 g/mol. The predicted octanol–water partition coefficient (Wildman–Crippen LogP) is 1.81. The topological polar surface area (TPSA) is 67.4 Å². The summed E-state index contributed by atoms with van der Waals surface area (Å²) in [4.78, 5) is 0.406. The Morgan fingerprint density at radius 3 is 2.90 bits per heavy atom. The van der Waals surface area contributed by atoms with Gasteiger partial charge in [-0.1, -0.05) is 6.07 Å². The van der Waals surface area contributed by atoms with Crippen LogP contribution in [0.1, 0.15) is 30.9 Å². The quantitative estimate of drug-likeness (QED) is 0.893. The molecule has 2 N–H and O–H groups in total. The fourth-order valence-electron chi connectivity index (χ4n) is 3.10. The highest BCUT2D eigenvalue weighted by atomic mass is 32.2. The molecule has 1 aromatic rings. The minimum absolute atomic E-state index is 0.406. The Morgan fingerprint density at radius 2 is 2.19 bits per heavy atom. The SMILES string of the molecule is Cc1ccc(S(=O)(=O)NC2(C)CCOC2)c2c1NCCC2. The zero-order valence-electron chi connectivity index (χ0n) is 12.5. The van der Waals surface area contributed by atoms with Crippen molar-refractivity contribution in [1.29, 1.82) is 0 Å². The Bertz CT molecular complexity index is 649. The smallest absolute Gasteiger partial charge is 0.241 e. The van der Waals surface area contributed by atoms with Crippen LogP contribution in [0.25, 0.3) is 0 Å². The van der Waals surface area contributed by atoms with Crippen molar-refractivity contribution in [3.8, 4) is 0 Å². The summed E-state index contributed by atoms with van der Waals surface area (Å²) in [6.45, 7) is 5.84. The molecule has 0 radical (unpaired) electrons. The Morgan fingerprint density at radius 1 is 1.38 bits per heavy atom. The second-order valence-corrected chi connectivity index (χ2v) is 7.88. The first-order valence-electron chi connectivity index (χ1n) is 7.39. The maximum absolute atomic E-state index is 12.8. The molecule has 1 fully saturated rings. The molecule has 21 heavy (non-hydrogen) atoms. The average molecular weight is 310 g/mol. The van der Waals surface area contributed by atoms with Gasteiger partial charge in [0.05, 0.1) is 17.0 Å². The second-order valence-electron chi connectivity index (χ2n) is 6.23. The van der Waals surface area contributed by atoms with E-state index in [4.69, 9.17) is 4.74 Å². The van der Waals surface area contributed by atoms with Crippen molar-refractivity contribution in [3.63, 3.8) is 0 Å². The second kappa shape index (κ2) is 5.26. The van der Waals surface area contributed by atoms with Crippen molar-refractivity contribution in [2.75, 3.05) is 25.1 Å². The molecule has 2 aliphatic heterocycles. The van der Waals surface area contributed by atoms with Crippen molar-refractivity contribution in [2.24, 2.45) is 0 Å². The van der Waals surface area contributed by atoms with Crippen LogP contribution in [0.5, 0.6) is 0 Å². The molecular formula is C15H22N2O3S. The van der Waals surface area contributed by atoms with E-state index in [1.165, 1.54) is 0 Å². The van der Waals surface area contributed by atoms with Gasteiger partial charge < -0.3 is 10.1 Å². The van der Waals surface area contributed by atoms with Gasteiger partial charge in [0.2, 0.25) is 10.0 Å². The van der Waals surface area contributed by atoms with Crippen LogP contribution in [0.2, 0.25) is 0 Å². The molecule has 3 rings (SSSR count). The van der Waals surface area contributed by atoms with E-state index in [1.54, 1.807) is 6.07 Å². The van der Waals surface area contributed by atoms with Gasteiger partial charge in [-0.15, -0.1) is 0 Å². The lowest BCUT2D eigenvalue weighted by Crippen LogP contribution is -2.46. The van der Waals surface area contributed by atoms with E-state index in [0.29, 0.717) is 24.5 Å². The number of hydrogen-bond acceptors (Lipinski definition) is 4. The number of rotatable bonds is 3. The van der Waals surface area contributed by atoms with Crippen molar-refractivity contribution >= 4 is 15.7 Å². The maximum Gasteiger partial charge on any atom is 0.241 e. The lowest BCUT2D eigenvalue weighted by molar-refractivity contribution is 0.178. The summed E-state index contributed by atoms with van der Waals surface area (Å²) in [5.41, 5.74) is 2.49. The number of nitrogens with one attached hydrogen (secondary N) is 2. The molecule has 0 saturated carbocycles. The maximum atomic E-state index is 12.8. The molecule has 0 bridgehead atoms. The Labute approximate surface area is 126 Å². The largest absolute Gasteiger partial charge is 0.385 e. The lowest BCUT2D eigenvalue weighted by Gasteiger charge is -2.27. The van der Waals surface area contributed by atoms with E-state index in [-0.39, 0.29) is 0 Å². The number of fused-ring (bicyclic) bond motifs is 1. The summed E-state index contributed by atoms with van der Waals surface area (Å²) >= 11 is 0. The van der Waals surface area contributed by atoms with Crippen molar-refractivity contribution in [2.45, 2.75) is 43.5 Å². The molecule has 0 aliphatic carbocycles. The minimum Gasteiger partial charge on any atom is -0.385 e. The van der Waals surface area contributed by atoms with Crippen LogP contribution >= 0.6 is 0 Å². The highest BCUT2D eigenvalue weighted by molar-refractivity contribution is 7.89. The summed E-state index contributed by atoms with van der Waals surface area (Å²) in [6.07, 6.45) is 2.46. The van der Waals surface area contributed by atoms with Crippen LogP contribution in [-0.4, -0.2) is 33.7 Å². The molecule has 6 heteroatoms. The van der Waals surface area contributed by atoms with Crippen molar-refractivity contribution in [1.82, 2.24) is 4.72 Å². The number of anilines is 1. The summed E-state index contributed by atoms with van der Waals surface area (Å²) in [5, 5.41) is 3.33. The van der Waals surface area contributed by atoms with Crippen LogP contribution in [0.15, 0.2) is 17.0 Å². The normalized spacial score (nSPS) is 25.4. The van der Waals surface area contributed by atoms with Gasteiger partial charge in [0.1, 0.15) is 0 Å². The third-order valence-electron chi connectivity index (χ3n) is 4.27. The highest BCUT2D eigenvalue weighted by Gasteiger charge is 2.36. The predicted molar refractivity (Wildman–Crippen MR) is 82.2 cm³/mol. The molecule has 1 unspecified atom stereocenters. The van der Waals surface area contributed by atoms with E-state index in [1.807, 2.05) is 19.9 Å². The van der Waals surface area contributed by atoms with Crippen LogP contribution < -0.4 is 10.0 Å². The number of aryl methyl sites for hydroxylation is 1. The van der Waals surface area contributed by atoms with Gasteiger partial charge in [-0.25, -0.2) is 13.1 Å². The zero-order chi connectivity index (χ0) is 15.1. The standard InChI is InChI=1S/C15H22N2O3S/c1-11-5-6-13(12-4-3-8-16-14(11)12)21(18,19)17-15(2)7-9-20-10-15/h5-6,16-17H,3-4,7-10H2,1-2H3. The molecule has 0 spiro atoms. The minimum atomic E-state index is -3.53. The lowest BCUT2D eigenvalue weighted by atomic mass is 10.00. The van der Waals surface area contributed by atoms with E-state index in [2.05, 4.69) is 10.0 Å². The molecule has 0 amide bonds. The Balaban J connectivity index is 1.99. The molecule has 1 aromatic carbocycles. The number of ether oxygens (including phenoxy) is 1. The molecule has 1 atom stereocenters. The molecule has 1 saturated heterocycles. The van der Waals surface area contributed by atoms with Gasteiger partial charge in [-0.05, 0) is 50.3 Å². The third-order valence-corrected chi connectivity index (χ3v) is 6.00. The molecule has 2 aliphatic rings.